The molecule has 0 unspecified atom stereocenters. The van der Waals surface area contributed by atoms with Gasteiger partial charge in [-0.15, -0.1) is 0 Å². The minimum Gasteiger partial charge on any atom is -0.396 e. The van der Waals surface area contributed by atoms with Crippen LogP contribution in [0.25, 0.3) is 0 Å². The van der Waals surface area contributed by atoms with Crippen LogP contribution in [0.4, 0.5) is 57.1 Å². The summed E-state index contributed by atoms with van der Waals surface area (Å²) in [7, 11) is 0. The lowest BCUT2D eigenvalue weighted by Crippen LogP contribution is -2.70. The molecule has 0 aliphatic heterocycles. The molecule has 0 atom stereocenters. The number of aliphatic hydroxyl groups is 1. The molecule has 0 saturated heterocycles. The molecule has 0 radical (unpaired) electrons. The molecule has 0 bridgehead atoms. The van der Waals surface area contributed by atoms with E-state index in [9.17, 15) is 57.1 Å². The van der Waals surface area contributed by atoms with Gasteiger partial charge in [0.1, 0.15) is 0 Å². The molecule has 0 heterocycles. The SMILES string of the molecule is OCCCCC(C(F)(F)F)(C(F)(F)F)C(F)(F)C(F)(F)C(F)(F)F. The zero-order valence-corrected chi connectivity index (χ0v) is 11.2. The molecule has 0 aliphatic carbocycles. The van der Waals surface area contributed by atoms with Crippen LogP contribution in [0.3, 0.4) is 0 Å². The van der Waals surface area contributed by atoms with Gasteiger partial charge in [-0.05, 0) is 19.3 Å². The smallest absolute Gasteiger partial charge is 0.396 e. The molecule has 0 spiro atoms. The molecule has 0 aromatic carbocycles. The highest BCUT2D eigenvalue weighted by molar-refractivity contribution is 5.10. The van der Waals surface area contributed by atoms with E-state index < -0.39 is 61.7 Å². The molecule has 0 amide bonds. The molecule has 1 nitrogen and oxygen atoms in total. The molecule has 1 N–H and O–H groups in total. The molecular formula is C10H9F13O. The van der Waals surface area contributed by atoms with Crippen molar-refractivity contribution in [3.8, 4) is 0 Å². The van der Waals surface area contributed by atoms with E-state index in [2.05, 4.69) is 0 Å². The number of aliphatic hydroxyl groups excluding tert-OH is 1. The Labute approximate surface area is 125 Å². The quantitative estimate of drug-likeness (QED) is 0.493. The molecule has 0 rings (SSSR count). The minimum atomic E-state index is -7.61. The van der Waals surface area contributed by atoms with Crippen LogP contribution in [-0.2, 0) is 0 Å². The lowest BCUT2D eigenvalue weighted by molar-refractivity contribution is -0.461. The van der Waals surface area contributed by atoms with E-state index in [4.69, 9.17) is 5.11 Å². The summed E-state index contributed by atoms with van der Waals surface area (Å²) in [5.74, 6) is -15.2. The Balaban J connectivity index is 6.59. The van der Waals surface area contributed by atoms with E-state index >= 15 is 0 Å². The van der Waals surface area contributed by atoms with Crippen LogP contribution < -0.4 is 0 Å². The van der Waals surface area contributed by atoms with Crippen molar-refractivity contribution < 1.29 is 62.2 Å². The first-order valence-electron chi connectivity index (χ1n) is 5.88. The lowest BCUT2D eigenvalue weighted by Gasteiger charge is -2.45. The van der Waals surface area contributed by atoms with Crippen LogP contribution in [0.15, 0.2) is 0 Å². The van der Waals surface area contributed by atoms with E-state index in [1.165, 1.54) is 0 Å². The second kappa shape index (κ2) is 6.41. The fourth-order valence-corrected chi connectivity index (χ4v) is 1.91. The van der Waals surface area contributed by atoms with Crippen LogP contribution in [0, 0.1) is 5.41 Å². The first kappa shape index (κ1) is 23.1. The number of rotatable bonds is 6. The van der Waals surface area contributed by atoms with Crippen molar-refractivity contribution in [2.75, 3.05) is 6.61 Å². The number of hydrogen-bond donors (Lipinski definition) is 1. The summed E-state index contributed by atoms with van der Waals surface area (Å²) < 4.78 is 165. The second-order valence-corrected chi connectivity index (χ2v) is 4.73. The molecule has 0 fully saturated rings. The number of alkyl halides is 13. The fourth-order valence-electron chi connectivity index (χ4n) is 1.91. The monoisotopic (exact) mass is 392 g/mol. The second-order valence-electron chi connectivity index (χ2n) is 4.73. The maximum atomic E-state index is 13.5. The maximum Gasteiger partial charge on any atom is 0.459 e. The lowest BCUT2D eigenvalue weighted by atomic mass is 9.72. The first-order chi connectivity index (χ1) is 10.3. The average molecular weight is 392 g/mol. The highest BCUT2D eigenvalue weighted by Gasteiger charge is 2.91. The van der Waals surface area contributed by atoms with Gasteiger partial charge in [0.25, 0.3) is 0 Å². The molecule has 0 aromatic heterocycles. The number of unbranched alkanes of at least 4 members (excludes halogenated alkanes) is 1. The Kier molecular flexibility index (Phi) is 6.15. The zero-order chi connectivity index (χ0) is 19.8. The summed E-state index contributed by atoms with van der Waals surface area (Å²) in [6.45, 7) is -1.09. The van der Waals surface area contributed by atoms with Crippen molar-refractivity contribution in [3.05, 3.63) is 0 Å². The van der Waals surface area contributed by atoms with Gasteiger partial charge < -0.3 is 5.11 Å². The molecule has 0 aromatic rings. The van der Waals surface area contributed by atoms with Crippen molar-refractivity contribution in [2.24, 2.45) is 5.41 Å². The fraction of sp³-hybridized carbons (Fsp3) is 1.00. The van der Waals surface area contributed by atoms with Gasteiger partial charge in [-0.3, -0.25) is 0 Å². The average Bonchev–Trinajstić information content (AvgIpc) is 2.29. The minimum absolute atomic E-state index is 0.957. The molecule has 24 heavy (non-hydrogen) atoms. The van der Waals surface area contributed by atoms with Crippen LogP contribution >= 0.6 is 0 Å². The van der Waals surface area contributed by atoms with Crippen LogP contribution in [0.1, 0.15) is 19.3 Å². The van der Waals surface area contributed by atoms with Crippen LogP contribution in [0.2, 0.25) is 0 Å². The summed E-state index contributed by atoms with van der Waals surface area (Å²) in [6.07, 6.45) is -27.0. The van der Waals surface area contributed by atoms with Crippen molar-refractivity contribution in [2.45, 2.75) is 49.6 Å². The Morgan fingerprint density at radius 1 is 0.500 bits per heavy atom. The van der Waals surface area contributed by atoms with Gasteiger partial charge in [0.15, 0.2) is 0 Å². The highest BCUT2D eigenvalue weighted by atomic mass is 19.4. The predicted octanol–water partition coefficient (Wildman–Crippen LogP) is 5.09. The van der Waals surface area contributed by atoms with Gasteiger partial charge in [-0.2, -0.15) is 57.1 Å². The largest absolute Gasteiger partial charge is 0.459 e. The molecular weight excluding hydrogens is 383 g/mol. The van der Waals surface area contributed by atoms with Crippen molar-refractivity contribution >= 4 is 0 Å². The van der Waals surface area contributed by atoms with Crippen LogP contribution in [0.5, 0.6) is 0 Å². The topological polar surface area (TPSA) is 20.2 Å². The maximum absolute atomic E-state index is 13.5. The third kappa shape index (κ3) is 3.38. The Morgan fingerprint density at radius 3 is 1.12 bits per heavy atom. The van der Waals surface area contributed by atoms with Gasteiger partial charge in [-0.1, -0.05) is 0 Å². The highest BCUT2D eigenvalue weighted by Crippen LogP contribution is 2.67. The Bertz CT molecular complexity index is 402. The summed E-state index contributed by atoms with van der Waals surface area (Å²) in [5.41, 5.74) is -6.65. The van der Waals surface area contributed by atoms with Crippen molar-refractivity contribution in [1.82, 2.24) is 0 Å². The number of hydrogen-bond acceptors (Lipinski definition) is 1. The molecule has 0 saturated carbocycles. The predicted molar refractivity (Wildman–Crippen MR) is 51.4 cm³/mol. The normalized spacial score (nSPS) is 15.8. The van der Waals surface area contributed by atoms with Crippen molar-refractivity contribution in [3.63, 3.8) is 0 Å². The first-order valence-corrected chi connectivity index (χ1v) is 5.88. The third-order valence-electron chi connectivity index (χ3n) is 3.21. The molecule has 14 heteroatoms. The van der Waals surface area contributed by atoms with E-state index in [-0.39, 0.29) is 0 Å². The Hall–Kier alpha value is -0.950. The summed E-state index contributed by atoms with van der Waals surface area (Å²) in [5, 5.41) is 8.28. The van der Waals surface area contributed by atoms with E-state index in [1.807, 2.05) is 0 Å². The molecule has 146 valence electrons. The van der Waals surface area contributed by atoms with Gasteiger partial charge in [-0.25, -0.2) is 0 Å². The van der Waals surface area contributed by atoms with E-state index in [0.717, 1.165) is 0 Å². The Morgan fingerprint density at radius 2 is 0.875 bits per heavy atom. The van der Waals surface area contributed by atoms with Gasteiger partial charge >= 0.3 is 30.4 Å². The van der Waals surface area contributed by atoms with Gasteiger partial charge in [0, 0.05) is 6.61 Å². The van der Waals surface area contributed by atoms with Gasteiger partial charge in [0.2, 0.25) is 5.41 Å². The standard InChI is InChI=1S/C10H9F13O/c11-6(12,7(13,14)10(21,22)23)5(8(15,16)17,9(18,19)20)3-1-2-4-24/h24H,1-4H2. The van der Waals surface area contributed by atoms with Gasteiger partial charge in [0.05, 0.1) is 0 Å². The summed E-state index contributed by atoms with van der Waals surface area (Å²) in [4.78, 5) is 0. The molecule has 0 aliphatic rings. The summed E-state index contributed by atoms with van der Waals surface area (Å²) in [6, 6.07) is 0. The zero-order valence-electron chi connectivity index (χ0n) is 11.2. The van der Waals surface area contributed by atoms with E-state index in [1.54, 1.807) is 0 Å². The van der Waals surface area contributed by atoms with E-state index in [0.29, 0.717) is 0 Å². The van der Waals surface area contributed by atoms with Crippen molar-refractivity contribution in [1.29, 1.82) is 0 Å². The third-order valence-corrected chi connectivity index (χ3v) is 3.21. The summed E-state index contributed by atoms with van der Waals surface area (Å²) >= 11 is 0. The van der Waals surface area contributed by atoms with Crippen LogP contribution in [-0.4, -0.2) is 42.1 Å². The number of halogens is 13.